The maximum Gasteiger partial charge on any atom is 0.305 e. The SMILES string of the molecule is CCCC/C=C\C/C=C\CCCCCCCC(=O)OCCCCCCCCCCCCCCCC/C=C\CCCCCCCCCCCCCCCCCCCC(=O)NC(CO)C(O)/C=C/CCCCCCCCCCC. The number of esters is 1. The molecule has 0 heterocycles. The number of hydrogen-bond acceptors (Lipinski definition) is 5. The monoisotopic (exact) mass is 1080 g/mol. The normalized spacial score (nSPS) is 12.8. The first-order valence-corrected chi connectivity index (χ1v) is 34.4. The van der Waals surface area contributed by atoms with Gasteiger partial charge in [-0.25, -0.2) is 0 Å². The van der Waals surface area contributed by atoms with Crippen LogP contribution in [0.5, 0.6) is 0 Å². The van der Waals surface area contributed by atoms with Gasteiger partial charge in [0.05, 0.1) is 25.4 Å². The van der Waals surface area contributed by atoms with Crippen molar-refractivity contribution in [2.45, 2.75) is 379 Å². The van der Waals surface area contributed by atoms with Crippen molar-refractivity contribution in [3.63, 3.8) is 0 Å². The molecule has 0 saturated heterocycles. The van der Waals surface area contributed by atoms with Crippen molar-refractivity contribution in [1.82, 2.24) is 5.32 Å². The molecule has 6 nitrogen and oxygen atoms in total. The van der Waals surface area contributed by atoms with E-state index in [1.807, 2.05) is 6.08 Å². The molecule has 0 rings (SSSR count). The average Bonchev–Trinajstić information content (AvgIpc) is 3.43. The van der Waals surface area contributed by atoms with Gasteiger partial charge in [-0.15, -0.1) is 0 Å². The van der Waals surface area contributed by atoms with Crippen LogP contribution < -0.4 is 5.32 Å². The highest BCUT2D eigenvalue weighted by molar-refractivity contribution is 5.76. The Labute approximate surface area is 480 Å². The molecule has 0 aromatic rings. The van der Waals surface area contributed by atoms with Crippen molar-refractivity contribution in [2.24, 2.45) is 0 Å². The fourth-order valence-corrected chi connectivity index (χ4v) is 10.5. The Kier molecular flexibility index (Phi) is 64.5. The summed E-state index contributed by atoms with van der Waals surface area (Å²) in [6, 6.07) is -0.624. The number of hydrogen-bond donors (Lipinski definition) is 3. The van der Waals surface area contributed by atoms with Gasteiger partial charge in [0.2, 0.25) is 5.91 Å². The fraction of sp³-hybridized carbons (Fsp3) is 0.859. The highest BCUT2D eigenvalue weighted by Crippen LogP contribution is 2.18. The summed E-state index contributed by atoms with van der Waals surface area (Å²) in [4.78, 5) is 24.5. The van der Waals surface area contributed by atoms with E-state index in [1.165, 1.54) is 289 Å². The summed E-state index contributed by atoms with van der Waals surface area (Å²) in [5.74, 6) is -0.0597. The summed E-state index contributed by atoms with van der Waals surface area (Å²) in [7, 11) is 0. The van der Waals surface area contributed by atoms with E-state index in [0.29, 0.717) is 19.4 Å². The van der Waals surface area contributed by atoms with Gasteiger partial charge in [-0.3, -0.25) is 9.59 Å². The number of allylic oxidation sites excluding steroid dienone is 7. The second-order valence-corrected chi connectivity index (χ2v) is 23.5. The summed E-state index contributed by atoms with van der Waals surface area (Å²) in [6.45, 7) is 4.86. The number of aliphatic hydroxyl groups excluding tert-OH is 2. The van der Waals surface area contributed by atoms with E-state index < -0.39 is 12.1 Å². The van der Waals surface area contributed by atoms with Crippen molar-refractivity contribution in [3.8, 4) is 0 Å². The molecule has 0 spiro atoms. The van der Waals surface area contributed by atoms with Gasteiger partial charge in [0, 0.05) is 12.8 Å². The number of carbonyl (C=O) groups is 2. The Morgan fingerprint density at radius 1 is 0.364 bits per heavy atom. The zero-order chi connectivity index (χ0) is 55.7. The van der Waals surface area contributed by atoms with Gasteiger partial charge in [-0.05, 0) is 83.5 Å². The smallest absolute Gasteiger partial charge is 0.305 e. The zero-order valence-corrected chi connectivity index (χ0v) is 51.7. The van der Waals surface area contributed by atoms with E-state index >= 15 is 0 Å². The second-order valence-electron chi connectivity index (χ2n) is 23.5. The van der Waals surface area contributed by atoms with E-state index in [4.69, 9.17) is 4.74 Å². The summed E-state index contributed by atoms with van der Waals surface area (Å²) >= 11 is 0. The first-order valence-electron chi connectivity index (χ1n) is 34.4. The number of aliphatic hydroxyl groups is 2. The Balaban J connectivity index is 3.34. The number of amides is 1. The van der Waals surface area contributed by atoms with Gasteiger partial charge in [-0.1, -0.05) is 319 Å². The summed E-state index contributed by atoms with van der Waals surface area (Å²) in [6.07, 6.45) is 86.3. The van der Waals surface area contributed by atoms with Crippen LogP contribution in [0.4, 0.5) is 0 Å². The molecule has 452 valence electrons. The molecule has 0 saturated carbocycles. The van der Waals surface area contributed by atoms with Gasteiger partial charge in [0.15, 0.2) is 0 Å². The van der Waals surface area contributed by atoms with Gasteiger partial charge in [0.25, 0.3) is 0 Å². The molecule has 0 aromatic heterocycles. The van der Waals surface area contributed by atoms with Crippen LogP contribution in [0.3, 0.4) is 0 Å². The third-order valence-electron chi connectivity index (χ3n) is 15.8. The number of nitrogens with one attached hydrogen (secondary N) is 1. The summed E-state index contributed by atoms with van der Waals surface area (Å²) in [5.41, 5.74) is 0. The van der Waals surface area contributed by atoms with Gasteiger partial charge in [-0.2, -0.15) is 0 Å². The number of rotatable bonds is 64. The lowest BCUT2D eigenvalue weighted by Crippen LogP contribution is -2.45. The summed E-state index contributed by atoms with van der Waals surface area (Å²) in [5, 5.41) is 23.1. The van der Waals surface area contributed by atoms with Crippen molar-refractivity contribution in [3.05, 3.63) is 48.6 Å². The van der Waals surface area contributed by atoms with Crippen LogP contribution in [0.1, 0.15) is 367 Å². The molecule has 0 aromatic carbocycles. The molecule has 0 radical (unpaired) electrons. The largest absolute Gasteiger partial charge is 0.466 e. The third kappa shape index (κ3) is 62.9. The van der Waals surface area contributed by atoms with Crippen LogP contribution in [-0.4, -0.2) is 47.4 Å². The molecule has 0 bridgehead atoms. The second kappa shape index (κ2) is 66.3. The minimum Gasteiger partial charge on any atom is -0.466 e. The van der Waals surface area contributed by atoms with Crippen LogP contribution in [0, 0.1) is 0 Å². The molecule has 0 fully saturated rings. The Bertz CT molecular complexity index is 1290. The first-order chi connectivity index (χ1) is 38.0. The highest BCUT2D eigenvalue weighted by Gasteiger charge is 2.18. The predicted molar refractivity (Wildman–Crippen MR) is 338 cm³/mol. The minimum atomic E-state index is -0.841. The van der Waals surface area contributed by atoms with Crippen molar-refractivity contribution in [2.75, 3.05) is 13.2 Å². The molecule has 2 unspecified atom stereocenters. The molecular formula is C71H133NO5. The summed E-state index contributed by atoms with van der Waals surface area (Å²) < 4.78 is 5.48. The number of unbranched alkanes of at least 4 members (excludes halogenated alkanes) is 47. The van der Waals surface area contributed by atoms with E-state index in [9.17, 15) is 19.8 Å². The number of ether oxygens (including phenoxy) is 1. The van der Waals surface area contributed by atoms with Crippen LogP contribution in [-0.2, 0) is 14.3 Å². The molecule has 0 aliphatic heterocycles. The molecular weight excluding hydrogens is 947 g/mol. The average molecular weight is 1080 g/mol. The molecule has 1 amide bonds. The highest BCUT2D eigenvalue weighted by atomic mass is 16.5. The van der Waals surface area contributed by atoms with Gasteiger partial charge < -0.3 is 20.3 Å². The Hall–Kier alpha value is -2.18. The maximum atomic E-state index is 12.4. The molecule has 0 aliphatic rings. The maximum absolute atomic E-state index is 12.4. The standard InChI is InChI=1S/C71H133NO5/c1-3-5-7-9-11-13-15-16-41-45-49-53-57-61-65-71(76)77-66-62-58-54-50-46-42-39-37-35-33-31-29-27-25-23-21-19-17-18-20-22-24-26-28-30-32-34-36-38-40-44-48-52-56-60-64-70(75)72-68(67-73)69(74)63-59-55-51-47-43-14-12-10-8-6-4-2/h9,11,15-16,19,21,59,63,68-69,73-74H,3-8,10,12-14,17-18,20,22-58,60-62,64-67H2,1-2H3,(H,72,75)/b11-9-,16-15-,21-19-,63-59+. The number of carbonyl (C=O) groups excluding carboxylic acids is 2. The van der Waals surface area contributed by atoms with E-state index in [2.05, 4.69) is 55.6 Å². The van der Waals surface area contributed by atoms with E-state index in [0.717, 1.165) is 51.4 Å². The topological polar surface area (TPSA) is 95.9 Å². The van der Waals surface area contributed by atoms with Crippen LogP contribution >= 0.6 is 0 Å². The molecule has 2 atom stereocenters. The predicted octanol–water partition coefficient (Wildman–Crippen LogP) is 22.1. The van der Waals surface area contributed by atoms with Crippen LogP contribution in [0.2, 0.25) is 0 Å². The lowest BCUT2D eigenvalue weighted by Gasteiger charge is -2.20. The van der Waals surface area contributed by atoms with Crippen LogP contribution in [0.15, 0.2) is 48.6 Å². The van der Waals surface area contributed by atoms with E-state index in [1.54, 1.807) is 6.08 Å². The lowest BCUT2D eigenvalue weighted by molar-refractivity contribution is -0.143. The van der Waals surface area contributed by atoms with Crippen molar-refractivity contribution >= 4 is 11.9 Å². The van der Waals surface area contributed by atoms with Crippen LogP contribution in [0.25, 0.3) is 0 Å². The quantitative estimate of drug-likeness (QED) is 0.0320. The molecule has 6 heteroatoms. The Morgan fingerprint density at radius 3 is 1.04 bits per heavy atom. The lowest BCUT2D eigenvalue weighted by atomic mass is 10.0. The van der Waals surface area contributed by atoms with Gasteiger partial charge in [0.1, 0.15) is 0 Å². The van der Waals surface area contributed by atoms with Crippen molar-refractivity contribution in [1.29, 1.82) is 0 Å². The van der Waals surface area contributed by atoms with E-state index in [-0.39, 0.29) is 18.5 Å². The van der Waals surface area contributed by atoms with Gasteiger partial charge >= 0.3 is 5.97 Å². The molecule has 3 N–H and O–H groups in total. The first kappa shape index (κ1) is 74.8. The fourth-order valence-electron chi connectivity index (χ4n) is 10.5. The zero-order valence-electron chi connectivity index (χ0n) is 51.7. The third-order valence-corrected chi connectivity index (χ3v) is 15.8. The molecule has 0 aliphatic carbocycles. The van der Waals surface area contributed by atoms with Crippen molar-refractivity contribution < 1.29 is 24.5 Å². The Morgan fingerprint density at radius 2 is 0.662 bits per heavy atom. The molecule has 77 heavy (non-hydrogen) atoms. The minimum absolute atomic E-state index is 0.00513.